The van der Waals surface area contributed by atoms with Gasteiger partial charge in [-0.05, 0) is 29.2 Å². The molecule has 2 aromatic carbocycles. The highest BCUT2D eigenvalue weighted by atomic mass is 35.5. The molecule has 0 unspecified atom stereocenters. The summed E-state index contributed by atoms with van der Waals surface area (Å²) in [6.45, 7) is 4.60. The average molecular weight is 378 g/mol. The standard InChI is InChI=1S/C19H17Cl2NO3/c1-10(2)12-5-3-11(4-6-12)9-25-18-14(20)8-15-13(17(18)21)7-16(22-15)19(23)24/h3-8,10,22H,9H2,1-2H3,(H,23,24). The van der Waals surface area contributed by atoms with E-state index in [4.69, 9.17) is 33.0 Å². The normalized spacial score (nSPS) is 11.2. The van der Waals surface area contributed by atoms with Gasteiger partial charge in [0.25, 0.3) is 0 Å². The van der Waals surface area contributed by atoms with Crippen LogP contribution in [0.4, 0.5) is 0 Å². The van der Waals surface area contributed by atoms with E-state index in [0.29, 0.717) is 39.2 Å². The Balaban J connectivity index is 1.86. The number of carbonyl (C=O) groups is 1. The number of hydrogen-bond acceptors (Lipinski definition) is 2. The molecule has 0 aliphatic carbocycles. The molecule has 0 saturated heterocycles. The molecule has 6 heteroatoms. The molecule has 2 N–H and O–H groups in total. The number of benzene rings is 2. The van der Waals surface area contributed by atoms with Gasteiger partial charge in [0.05, 0.1) is 10.0 Å². The Morgan fingerprint density at radius 3 is 2.48 bits per heavy atom. The first-order valence-electron chi connectivity index (χ1n) is 7.82. The van der Waals surface area contributed by atoms with E-state index in [2.05, 4.69) is 31.0 Å². The smallest absolute Gasteiger partial charge is 0.352 e. The number of carboxylic acids is 1. The summed E-state index contributed by atoms with van der Waals surface area (Å²) in [7, 11) is 0. The number of aromatic carboxylic acids is 1. The molecule has 0 aliphatic heterocycles. The summed E-state index contributed by atoms with van der Waals surface area (Å²) in [5.74, 6) is -0.242. The van der Waals surface area contributed by atoms with Crippen molar-refractivity contribution in [1.82, 2.24) is 4.98 Å². The van der Waals surface area contributed by atoms with Gasteiger partial charge in [-0.3, -0.25) is 0 Å². The zero-order valence-electron chi connectivity index (χ0n) is 13.8. The van der Waals surface area contributed by atoms with Crippen LogP contribution in [0.3, 0.4) is 0 Å². The fourth-order valence-corrected chi connectivity index (χ4v) is 3.21. The molecule has 4 nitrogen and oxygen atoms in total. The number of halogens is 2. The van der Waals surface area contributed by atoms with E-state index in [1.807, 2.05) is 12.1 Å². The van der Waals surface area contributed by atoms with E-state index in [1.54, 1.807) is 6.07 Å². The summed E-state index contributed by atoms with van der Waals surface area (Å²) in [6, 6.07) is 11.2. The highest BCUT2D eigenvalue weighted by Gasteiger charge is 2.17. The predicted molar refractivity (Wildman–Crippen MR) is 100 cm³/mol. The molecule has 0 bridgehead atoms. The average Bonchev–Trinajstić information content (AvgIpc) is 2.99. The van der Waals surface area contributed by atoms with Gasteiger partial charge >= 0.3 is 5.97 Å². The summed E-state index contributed by atoms with van der Waals surface area (Å²) >= 11 is 12.6. The maximum Gasteiger partial charge on any atom is 0.352 e. The van der Waals surface area contributed by atoms with Gasteiger partial charge in [-0.2, -0.15) is 0 Å². The molecule has 3 rings (SSSR count). The van der Waals surface area contributed by atoms with Crippen molar-refractivity contribution < 1.29 is 14.6 Å². The van der Waals surface area contributed by atoms with E-state index in [-0.39, 0.29) is 5.69 Å². The van der Waals surface area contributed by atoms with E-state index < -0.39 is 5.97 Å². The summed E-state index contributed by atoms with van der Waals surface area (Å²) in [5, 5.41) is 10.3. The molecule has 0 fully saturated rings. The van der Waals surface area contributed by atoms with Crippen molar-refractivity contribution in [1.29, 1.82) is 0 Å². The minimum atomic E-state index is -1.06. The molecule has 0 amide bonds. The molecular formula is C19H17Cl2NO3. The number of aromatic nitrogens is 1. The maximum absolute atomic E-state index is 11.1. The van der Waals surface area contributed by atoms with Crippen LogP contribution in [0.5, 0.6) is 5.75 Å². The van der Waals surface area contributed by atoms with E-state index in [0.717, 1.165) is 5.56 Å². The number of ether oxygens (including phenoxy) is 1. The molecule has 0 radical (unpaired) electrons. The number of fused-ring (bicyclic) bond motifs is 1. The highest BCUT2D eigenvalue weighted by Crippen LogP contribution is 2.40. The lowest BCUT2D eigenvalue weighted by atomic mass is 10.0. The molecular weight excluding hydrogens is 361 g/mol. The zero-order chi connectivity index (χ0) is 18.1. The summed E-state index contributed by atoms with van der Waals surface area (Å²) in [6.07, 6.45) is 0. The molecule has 1 aromatic heterocycles. The van der Waals surface area contributed by atoms with Crippen LogP contribution in [-0.2, 0) is 6.61 Å². The quantitative estimate of drug-likeness (QED) is 0.583. The number of aromatic amines is 1. The van der Waals surface area contributed by atoms with Crippen molar-refractivity contribution in [2.45, 2.75) is 26.4 Å². The van der Waals surface area contributed by atoms with Crippen LogP contribution in [-0.4, -0.2) is 16.1 Å². The Morgan fingerprint density at radius 1 is 1.20 bits per heavy atom. The van der Waals surface area contributed by atoms with Crippen LogP contribution in [0.15, 0.2) is 36.4 Å². The van der Waals surface area contributed by atoms with Gasteiger partial charge in [0, 0.05) is 10.9 Å². The van der Waals surface area contributed by atoms with Gasteiger partial charge in [-0.25, -0.2) is 4.79 Å². The van der Waals surface area contributed by atoms with Crippen LogP contribution in [0.1, 0.15) is 41.4 Å². The van der Waals surface area contributed by atoms with Gasteiger partial charge in [0.2, 0.25) is 0 Å². The second-order valence-electron chi connectivity index (χ2n) is 6.14. The number of nitrogens with one attached hydrogen (secondary N) is 1. The first-order valence-corrected chi connectivity index (χ1v) is 8.58. The van der Waals surface area contributed by atoms with Gasteiger partial charge < -0.3 is 14.8 Å². The van der Waals surface area contributed by atoms with Crippen molar-refractivity contribution in [3.63, 3.8) is 0 Å². The minimum absolute atomic E-state index is 0.0504. The molecule has 1 heterocycles. The van der Waals surface area contributed by atoms with Crippen molar-refractivity contribution in [2.75, 3.05) is 0 Å². The largest absolute Gasteiger partial charge is 0.486 e. The molecule has 130 valence electrons. The SMILES string of the molecule is CC(C)c1ccc(COc2c(Cl)cc3[nH]c(C(=O)O)cc3c2Cl)cc1. The third kappa shape index (κ3) is 3.60. The Morgan fingerprint density at radius 2 is 1.88 bits per heavy atom. The monoisotopic (exact) mass is 377 g/mol. The maximum atomic E-state index is 11.1. The Hall–Kier alpha value is -2.17. The zero-order valence-corrected chi connectivity index (χ0v) is 15.3. The van der Waals surface area contributed by atoms with E-state index >= 15 is 0 Å². The summed E-state index contributed by atoms with van der Waals surface area (Å²) < 4.78 is 5.81. The Labute approximate surface area is 155 Å². The van der Waals surface area contributed by atoms with Crippen LogP contribution in [0, 0.1) is 0 Å². The predicted octanol–water partition coefficient (Wildman–Crippen LogP) is 5.88. The number of rotatable bonds is 5. The van der Waals surface area contributed by atoms with E-state index in [1.165, 1.54) is 11.6 Å². The molecule has 0 spiro atoms. The fourth-order valence-electron chi connectivity index (χ4n) is 2.59. The molecule has 0 saturated carbocycles. The van der Waals surface area contributed by atoms with Gasteiger partial charge in [-0.15, -0.1) is 0 Å². The van der Waals surface area contributed by atoms with Crippen LogP contribution in [0.25, 0.3) is 10.9 Å². The molecule has 25 heavy (non-hydrogen) atoms. The summed E-state index contributed by atoms with van der Waals surface area (Å²) in [5.41, 5.74) is 2.86. The summed E-state index contributed by atoms with van der Waals surface area (Å²) in [4.78, 5) is 13.9. The van der Waals surface area contributed by atoms with Crippen LogP contribution < -0.4 is 4.74 Å². The van der Waals surface area contributed by atoms with Gasteiger partial charge in [0.15, 0.2) is 5.75 Å². The molecule has 0 aliphatic rings. The van der Waals surface area contributed by atoms with E-state index in [9.17, 15) is 4.79 Å². The molecule has 0 atom stereocenters. The second-order valence-corrected chi connectivity index (χ2v) is 6.92. The molecule has 3 aromatic rings. The van der Waals surface area contributed by atoms with Gasteiger partial charge in [0.1, 0.15) is 12.3 Å². The fraction of sp³-hybridized carbons (Fsp3) is 0.211. The lowest BCUT2D eigenvalue weighted by molar-refractivity contribution is 0.0691. The highest BCUT2D eigenvalue weighted by molar-refractivity contribution is 6.41. The first-order chi connectivity index (χ1) is 11.9. The minimum Gasteiger partial charge on any atom is -0.486 e. The third-order valence-electron chi connectivity index (χ3n) is 4.03. The number of H-pyrrole nitrogens is 1. The lowest BCUT2D eigenvalue weighted by Crippen LogP contribution is -1.97. The van der Waals surface area contributed by atoms with Gasteiger partial charge in [-0.1, -0.05) is 61.3 Å². The van der Waals surface area contributed by atoms with Crippen molar-refractivity contribution in [3.05, 3.63) is 63.3 Å². The first kappa shape index (κ1) is 17.6. The lowest BCUT2D eigenvalue weighted by Gasteiger charge is -2.12. The number of carboxylic acid groups (broad SMARTS) is 1. The second kappa shape index (κ2) is 6.98. The van der Waals surface area contributed by atoms with Crippen LogP contribution >= 0.6 is 23.2 Å². The Kier molecular flexibility index (Phi) is 4.93. The Bertz CT molecular complexity index is 930. The van der Waals surface area contributed by atoms with Crippen LogP contribution in [0.2, 0.25) is 10.0 Å². The topological polar surface area (TPSA) is 62.3 Å². The van der Waals surface area contributed by atoms with Crippen molar-refractivity contribution in [2.24, 2.45) is 0 Å². The number of hydrogen-bond donors (Lipinski definition) is 2. The third-order valence-corrected chi connectivity index (χ3v) is 4.69. The van der Waals surface area contributed by atoms with Crippen molar-refractivity contribution >= 4 is 40.1 Å². The van der Waals surface area contributed by atoms with Crippen molar-refractivity contribution in [3.8, 4) is 5.75 Å².